The predicted molar refractivity (Wildman–Crippen MR) is 148 cm³/mol. The minimum Gasteiger partial charge on any atom is -0.481 e. The topological polar surface area (TPSA) is 95.2 Å². The van der Waals surface area contributed by atoms with Gasteiger partial charge in [-0.2, -0.15) is 5.26 Å². The van der Waals surface area contributed by atoms with Crippen molar-refractivity contribution in [2.75, 3.05) is 0 Å². The van der Waals surface area contributed by atoms with Gasteiger partial charge in [0.05, 0.1) is 12.0 Å². The van der Waals surface area contributed by atoms with Crippen LogP contribution in [0.3, 0.4) is 0 Å². The molecule has 5 nitrogen and oxygen atoms in total. The van der Waals surface area contributed by atoms with E-state index >= 15 is 0 Å². The maximum atomic E-state index is 14.2. The van der Waals surface area contributed by atoms with E-state index in [1.807, 2.05) is 19.9 Å². The summed E-state index contributed by atoms with van der Waals surface area (Å²) in [6.07, 6.45) is 9.76. The number of nitriles is 1. The molecule has 0 amide bonds. The van der Waals surface area contributed by atoms with Crippen molar-refractivity contribution in [2.45, 2.75) is 120 Å². The molecule has 0 bridgehead atoms. The van der Waals surface area contributed by atoms with Crippen LogP contribution in [-0.4, -0.2) is 22.6 Å². The molecule has 0 spiro atoms. The van der Waals surface area contributed by atoms with Crippen molar-refractivity contribution in [1.29, 1.82) is 5.26 Å². The van der Waals surface area contributed by atoms with Crippen molar-refractivity contribution in [1.82, 2.24) is 0 Å². The van der Waals surface area contributed by atoms with Crippen LogP contribution in [0.15, 0.2) is 11.6 Å². The zero-order valence-electron chi connectivity index (χ0n) is 25.0. The third-order valence-corrected chi connectivity index (χ3v) is 12.7. The highest BCUT2D eigenvalue weighted by molar-refractivity contribution is 6.04. The summed E-state index contributed by atoms with van der Waals surface area (Å²) in [5, 5.41) is 19.7. The van der Waals surface area contributed by atoms with Crippen LogP contribution in [0.4, 0.5) is 0 Å². The molecule has 7 atom stereocenters. The van der Waals surface area contributed by atoms with Crippen molar-refractivity contribution in [3.8, 4) is 6.07 Å². The number of carbonyl (C=O) groups is 3. The molecule has 3 saturated carbocycles. The fraction of sp³-hybridized carbons (Fsp3) is 0.818. The van der Waals surface area contributed by atoms with E-state index in [0.717, 1.165) is 51.4 Å². The van der Waals surface area contributed by atoms with Gasteiger partial charge < -0.3 is 5.11 Å². The maximum Gasteiger partial charge on any atom is 0.303 e. The number of nitrogens with zero attached hydrogens (tertiary/aromatic N) is 1. The van der Waals surface area contributed by atoms with Crippen LogP contribution in [0.5, 0.6) is 0 Å². The Morgan fingerprint density at radius 3 is 2.13 bits per heavy atom. The molecule has 3 fully saturated rings. The molecule has 0 saturated heterocycles. The second-order valence-electron chi connectivity index (χ2n) is 15.9. The van der Waals surface area contributed by atoms with E-state index in [9.17, 15) is 24.8 Å². The molecule has 4 aliphatic rings. The monoisotopic (exact) mass is 523 g/mol. The molecule has 4 aliphatic carbocycles. The van der Waals surface area contributed by atoms with Gasteiger partial charge in [-0.05, 0) is 90.3 Å². The standard InChI is InChI=1S/C33H49NO4/c1-28(2)11-9-22-23(35)17-25-31(6)18-21(20-34)27(38)29(3,4)24(31)10-12-33(25,8)32(22,7)16-15-30(5,14-13-28)19-26(36)37/h18,22,24-25H,9-17,19H2,1-8H3,(H,36,37)/t22?,24-,25+,30-,31-,32+,33+/m0/s1. The number of hydrogen-bond donors (Lipinski definition) is 1. The number of aliphatic carboxylic acids is 1. The Balaban J connectivity index is 1.84. The van der Waals surface area contributed by atoms with Gasteiger partial charge in [-0.1, -0.05) is 61.5 Å². The molecule has 5 heteroatoms. The Labute approximate surface area is 229 Å². The summed E-state index contributed by atoms with van der Waals surface area (Å²) >= 11 is 0. The molecule has 4 rings (SSSR count). The van der Waals surface area contributed by atoms with Gasteiger partial charge in [0.1, 0.15) is 11.9 Å². The summed E-state index contributed by atoms with van der Waals surface area (Å²) in [6, 6.07) is 2.20. The summed E-state index contributed by atoms with van der Waals surface area (Å²) in [5.41, 5.74) is -1.50. The highest BCUT2D eigenvalue weighted by atomic mass is 16.4. The van der Waals surface area contributed by atoms with E-state index in [4.69, 9.17) is 0 Å². The molecule has 1 N–H and O–H groups in total. The maximum absolute atomic E-state index is 14.2. The average molecular weight is 524 g/mol. The van der Waals surface area contributed by atoms with Gasteiger partial charge in [0.15, 0.2) is 5.78 Å². The first-order valence-corrected chi connectivity index (χ1v) is 14.8. The van der Waals surface area contributed by atoms with Crippen molar-refractivity contribution >= 4 is 17.5 Å². The van der Waals surface area contributed by atoms with Gasteiger partial charge in [0.25, 0.3) is 0 Å². The Hall–Kier alpha value is -1.96. The summed E-state index contributed by atoms with van der Waals surface area (Å²) in [7, 11) is 0. The van der Waals surface area contributed by atoms with Crippen LogP contribution >= 0.6 is 0 Å². The van der Waals surface area contributed by atoms with Crippen molar-refractivity contribution in [3.63, 3.8) is 0 Å². The number of carboxylic acid groups (broad SMARTS) is 1. The minimum absolute atomic E-state index is 0.0416. The zero-order valence-corrected chi connectivity index (χ0v) is 25.0. The van der Waals surface area contributed by atoms with Gasteiger partial charge in [0.2, 0.25) is 0 Å². The number of ketones is 2. The summed E-state index contributed by atoms with van der Waals surface area (Å²) < 4.78 is 0. The number of Topliss-reactive ketones (excluding diaryl/α,β-unsaturated/α-hetero) is 2. The molecular formula is C33H49NO4. The Morgan fingerprint density at radius 2 is 1.53 bits per heavy atom. The normalized spacial score (nSPS) is 44.5. The molecule has 38 heavy (non-hydrogen) atoms. The summed E-state index contributed by atoms with van der Waals surface area (Å²) in [6.45, 7) is 17.6. The lowest BCUT2D eigenvalue weighted by Crippen LogP contribution is -2.65. The minimum atomic E-state index is -0.746. The quantitative estimate of drug-likeness (QED) is 0.403. The first kappa shape index (κ1) is 29.0. The molecule has 0 aliphatic heterocycles. The van der Waals surface area contributed by atoms with E-state index in [-0.39, 0.29) is 57.2 Å². The van der Waals surface area contributed by atoms with Gasteiger partial charge in [-0.15, -0.1) is 0 Å². The highest BCUT2D eigenvalue weighted by Gasteiger charge is 2.68. The average Bonchev–Trinajstić information content (AvgIpc) is 2.80. The van der Waals surface area contributed by atoms with Gasteiger partial charge in [-0.25, -0.2) is 0 Å². The van der Waals surface area contributed by atoms with E-state index in [1.165, 1.54) is 0 Å². The molecule has 210 valence electrons. The first-order chi connectivity index (χ1) is 17.4. The third-order valence-electron chi connectivity index (χ3n) is 12.7. The molecule has 0 aromatic heterocycles. The van der Waals surface area contributed by atoms with Crippen LogP contribution in [0.2, 0.25) is 0 Å². The number of rotatable bonds is 2. The van der Waals surface area contributed by atoms with Crippen LogP contribution in [0, 0.1) is 61.6 Å². The van der Waals surface area contributed by atoms with E-state index < -0.39 is 16.8 Å². The van der Waals surface area contributed by atoms with E-state index in [2.05, 4.69) is 47.6 Å². The van der Waals surface area contributed by atoms with Crippen LogP contribution in [0.25, 0.3) is 0 Å². The number of fused-ring (bicyclic) bond motifs is 5. The summed E-state index contributed by atoms with van der Waals surface area (Å²) in [4.78, 5) is 39.4. The largest absolute Gasteiger partial charge is 0.481 e. The second-order valence-corrected chi connectivity index (χ2v) is 15.9. The molecular weight excluding hydrogens is 474 g/mol. The zero-order chi connectivity index (χ0) is 28.5. The Morgan fingerprint density at radius 1 is 0.895 bits per heavy atom. The predicted octanol–water partition coefficient (Wildman–Crippen LogP) is 7.54. The fourth-order valence-electron chi connectivity index (χ4n) is 9.86. The first-order valence-electron chi connectivity index (χ1n) is 14.8. The van der Waals surface area contributed by atoms with Crippen LogP contribution in [0.1, 0.15) is 120 Å². The number of carboxylic acids is 1. The molecule has 0 aromatic carbocycles. The van der Waals surface area contributed by atoms with Crippen molar-refractivity contribution in [2.24, 2.45) is 50.2 Å². The van der Waals surface area contributed by atoms with E-state index in [1.54, 1.807) is 0 Å². The molecule has 0 aromatic rings. The van der Waals surface area contributed by atoms with Gasteiger partial charge in [-0.3, -0.25) is 14.4 Å². The fourth-order valence-corrected chi connectivity index (χ4v) is 9.86. The van der Waals surface area contributed by atoms with Crippen molar-refractivity contribution < 1.29 is 19.5 Å². The van der Waals surface area contributed by atoms with Crippen LogP contribution in [-0.2, 0) is 14.4 Å². The number of hydrogen-bond acceptors (Lipinski definition) is 4. The number of carbonyl (C=O) groups excluding carboxylic acids is 2. The highest BCUT2D eigenvalue weighted by Crippen LogP contribution is 2.72. The smallest absolute Gasteiger partial charge is 0.303 e. The molecule has 0 radical (unpaired) electrons. The lowest BCUT2D eigenvalue weighted by molar-refractivity contribution is -0.192. The Kier molecular flexibility index (Phi) is 6.90. The summed E-state index contributed by atoms with van der Waals surface area (Å²) in [5.74, 6) is -0.407. The van der Waals surface area contributed by atoms with Crippen molar-refractivity contribution in [3.05, 3.63) is 11.6 Å². The Bertz CT molecular complexity index is 1110. The lowest BCUT2D eigenvalue weighted by atomic mass is 9.35. The van der Waals surface area contributed by atoms with Gasteiger partial charge >= 0.3 is 5.97 Å². The van der Waals surface area contributed by atoms with E-state index in [0.29, 0.717) is 12.2 Å². The third kappa shape index (κ3) is 4.29. The second kappa shape index (κ2) is 9.03. The molecule has 0 heterocycles. The van der Waals surface area contributed by atoms with Crippen LogP contribution < -0.4 is 0 Å². The SMILES string of the molecule is CC1(C)CCC2C(=O)C[C@@H]3[C@@]4(C)C=C(C#N)C(=O)C(C)(C)[C@@H]4CC[C@@]3(C)[C@]2(C)CC[C@@](C)(CC(=O)O)CC1. The van der Waals surface area contributed by atoms with Gasteiger partial charge in [0, 0.05) is 17.8 Å². The lowest BCUT2D eigenvalue weighted by Gasteiger charge is -2.68. The number of allylic oxidation sites excluding steroid dienone is 2. The molecule has 1 unspecified atom stereocenters.